The summed E-state index contributed by atoms with van der Waals surface area (Å²) in [6, 6.07) is 4.52. The van der Waals surface area contributed by atoms with Gasteiger partial charge in [-0.2, -0.15) is 25.4 Å². The number of aryl methyl sites for hydroxylation is 1. The third-order valence-electron chi connectivity index (χ3n) is 4.82. The molecule has 3 aromatic rings. The fourth-order valence-corrected chi connectivity index (χ4v) is 3.42. The van der Waals surface area contributed by atoms with E-state index in [9.17, 15) is 0 Å². The maximum Gasteiger partial charge on any atom is 0.226 e. The Morgan fingerprint density at radius 3 is 2.81 bits per heavy atom. The topological polar surface area (TPSA) is 131 Å². The molecule has 26 heavy (non-hydrogen) atoms. The number of nitrogens with zero attached hydrogens (tertiary/aromatic N) is 5. The lowest BCUT2D eigenvalue weighted by atomic mass is 9.84. The molecule has 9 nitrogen and oxygen atoms in total. The highest BCUT2D eigenvalue weighted by molar-refractivity contribution is 5.88. The molecule has 0 unspecified atom stereocenters. The molecule has 0 saturated heterocycles. The third kappa shape index (κ3) is 3.44. The summed E-state index contributed by atoms with van der Waals surface area (Å²) < 4.78 is 0. The molecule has 0 atom stereocenters. The largest absolute Gasteiger partial charge is 0.351 e. The number of hydrogen-bond donors (Lipinski definition) is 4. The van der Waals surface area contributed by atoms with E-state index < -0.39 is 0 Å². The van der Waals surface area contributed by atoms with Crippen LogP contribution in [0, 0.1) is 24.2 Å². The van der Waals surface area contributed by atoms with Crippen LogP contribution in [0.15, 0.2) is 12.3 Å². The van der Waals surface area contributed by atoms with Gasteiger partial charge in [0.1, 0.15) is 5.82 Å². The number of aromatic nitrogens is 6. The van der Waals surface area contributed by atoms with Crippen LogP contribution in [-0.2, 0) is 0 Å². The Hall–Kier alpha value is -3.15. The summed E-state index contributed by atoms with van der Waals surface area (Å²) in [5, 5.41) is 30.4. The second-order valence-electron chi connectivity index (χ2n) is 6.81. The van der Waals surface area contributed by atoms with Gasteiger partial charge < -0.3 is 10.6 Å². The van der Waals surface area contributed by atoms with E-state index in [1.807, 2.05) is 13.0 Å². The lowest BCUT2D eigenvalue weighted by Gasteiger charge is -2.27. The normalized spacial score (nSPS) is 20.0. The molecular weight excluding hydrogens is 330 g/mol. The highest BCUT2D eigenvalue weighted by atomic mass is 15.2. The summed E-state index contributed by atoms with van der Waals surface area (Å²) in [6.45, 7) is 1.95. The van der Waals surface area contributed by atoms with Crippen molar-refractivity contribution in [2.45, 2.75) is 45.1 Å². The van der Waals surface area contributed by atoms with Crippen molar-refractivity contribution in [2.75, 3.05) is 10.6 Å². The van der Waals surface area contributed by atoms with Crippen LogP contribution in [0.3, 0.4) is 0 Å². The van der Waals surface area contributed by atoms with Crippen LogP contribution in [0.4, 0.5) is 17.6 Å². The highest BCUT2D eigenvalue weighted by Gasteiger charge is 2.22. The quantitative estimate of drug-likeness (QED) is 0.555. The molecule has 0 amide bonds. The average Bonchev–Trinajstić information content (AvgIpc) is 3.26. The number of nitrogens with one attached hydrogen (secondary N) is 4. The number of hydrogen-bond acceptors (Lipinski definition) is 7. The van der Waals surface area contributed by atoms with E-state index >= 15 is 0 Å². The van der Waals surface area contributed by atoms with Gasteiger partial charge in [0.05, 0.1) is 17.7 Å². The van der Waals surface area contributed by atoms with Gasteiger partial charge >= 0.3 is 0 Å². The van der Waals surface area contributed by atoms with Crippen LogP contribution in [-0.4, -0.2) is 36.4 Å². The highest BCUT2D eigenvalue weighted by Crippen LogP contribution is 2.29. The Kier molecular flexibility index (Phi) is 4.39. The molecule has 0 spiro atoms. The van der Waals surface area contributed by atoms with Crippen molar-refractivity contribution >= 4 is 28.6 Å². The van der Waals surface area contributed by atoms with E-state index in [4.69, 9.17) is 5.26 Å². The van der Waals surface area contributed by atoms with Gasteiger partial charge in [-0.3, -0.25) is 10.2 Å². The first kappa shape index (κ1) is 16.3. The fourth-order valence-electron chi connectivity index (χ4n) is 3.42. The molecule has 0 aliphatic heterocycles. The SMILES string of the molecule is Cc1cc(Nc2nc(N[C@H]3CC[C@H](CC#N)CC3)nc3[nH]ncc23)n[nH]1. The molecule has 1 aliphatic rings. The van der Waals surface area contributed by atoms with Gasteiger partial charge in [-0.1, -0.05) is 0 Å². The van der Waals surface area contributed by atoms with Crippen LogP contribution < -0.4 is 10.6 Å². The number of H-pyrrole nitrogens is 2. The Bertz CT molecular complexity index is 927. The molecule has 9 heteroatoms. The summed E-state index contributed by atoms with van der Waals surface area (Å²) in [7, 11) is 0. The Balaban J connectivity index is 1.52. The van der Waals surface area contributed by atoms with Crippen molar-refractivity contribution in [1.82, 2.24) is 30.4 Å². The molecule has 1 saturated carbocycles. The number of fused-ring (bicyclic) bond motifs is 1. The maximum absolute atomic E-state index is 8.84. The van der Waals surface area contributed by atoms with Crippen LogP contribution in [0.2, 0.25) is 0 Å². The molecule has 0 aromatic carbocycles. The number of aromatic amines is 2. The minimum absolute atomic E-state index is 0.325. The number of rotatable bonds is 5. The van der Waals surface area contributed by atoms with E-state index in [1.54, 1.807) is 6.20 Å². The Morgan fingerprint density at radius 2 is 2.08 bits per heavy atom. The fraction of sp³-hybridized carbons (Fsp3) is 0.471. The van der Waals surface area contributed by atoms with Crippen molar-refractivity contribution in [3.8, 4) is 6.07 Å². The molecule has 4 rings (SSSR count). The average molecular weight is 351 g/mol. The first-order valence-electron chi connectivity index (χ1n) is 8.85. The Morgan fingerprint density at radius 1 is 1.23 bits per heavy atom. The summed E-state index contributed by atoms with van der Waals surface area (Å²) in [5.41, 5.74) is 1.65. The monoisotopic (exact) mass is 351 g/mol. The second-order valence-corrected chi connectivity index (χ2v) is 6.81. The van der Waals surface area contributed by atoms with E-state index in [2.05, 4.69) is 47.1 Å². The second kappa shape index (κ2) is 7.00. The van der Waals surface area contributed by atoms with Gasteiger partial charge in [-0.15, -0.1) is 0 Å². The zero-order chi connectivity index (χ0) is 17.9. The van der Waals surface area contributed by atoms with Crippen molar-refractivity contribution in [1.29, 1.82) is 5.26 Å². The summed E-state index contributed by atoms with van der Waals surface area (Å²) in [5.74, 6) is 2.46. The molecule has 134 valence electrons. The van der Waals surface area contributed by atoms with E-state index in [-0.39, 0.29) is 0 Å². The minimum atomic E-state index is 0.325. The predicted octanol–water partition coefficient (Wildman–Crippen LogP) is 3.01. The third-order valence-corrected chi connectivity index (χ3v) is 4.82. The molecule has 0 radical (unpaired) electrons. The van der Waals surface area contributed by atoms with Crippen molar-refractivity contribution < 1.29 is 0 Å². The Labute approximate surface area is 150 Å². The van der Waals surface area contributed by atoms with Gasteiger partial charge in [0.25, 0.3) is 0 Å². The molecule has 4 N–H and O–H groups in total. The predicted molar refractivity (Wildman–Crippen MR) is 97.9 cm³/mol. The van der Waals surface area contributed by atoms with Crippen LogP contribution in [0.1, 0.15) is 37.8 Å². The summed E-state index contributed by atoms with van der Waals surface area (Å²) in [6.07, 6.45) is 6.54. The number of nitriles is 1. The van der Waals surface area contributed by atoms with Gasteiger partial charge in [0.2, 0.25) is 5.95 Å². The minimum Gasteiger partial charge on any atom is -0.351 e. The lowest BCUT2D eigenvalue weighted by Crippen LogP contribution is -2.27. The molecule has 3 aromatic heterocycles. The van der Waals surface area contributed by atoms with E-state index in [1.165, 1.54) is 0 Å². The van der Waals surface area contributed by atoms with Crippen molar-refractivity contribution in [3.63, 3.8) is 0 Å². The molecule has 1 fully saturated rings. The lowest BCUT2D eigenvalue weighted by molar-refractivity contribution is 0.342. The standard InChI is InChI=1S/C17H21N9/c1-10-8-14(25-24-10)21-15-13-9-19-26-16(13)23-17(22-15)20-12-4-2-11(3-5-12)6-7-18/h8-9,11-12H,2-6H2,1H3,(H4,19,20,21,22,23,24,25,26)/t11-,12-. The van der Waals surface area contributed by atoms with Gasteiger partial charge in [0.15, 0.2) is 11.5 Å². The summed E-state index contributed by atoms with van der Waals surface area (Å²) in [4.78, 5) is 9.16. The molecule has 3 heterocycles. The zero-order valence-electron chi connectivity index (χ0n) is 14.6. The maximum atomic E-state index is 8.84. The van der Waals surface area contributed by atoms with Crippen LogP contribution in [0.25, 0.3) is 11.0 Å². The van der Waals surface area contributed by atoms with E-state index in [0.717, 1.165) is 36.8 Å². The van der Waals surface area contributed by atoms with Gasteiger partial charge in [-0.25, -0.2) is 0 Å². The molecule has 0 bridgehead atoms. The zero-order valence-corrected chi connectivity index (χ0v) is 14.6. The molecular formula is C17H21N9. The van der Waals surface area contributed by atoms with Crippen LogP contribution in [0.5, 0.6) is 0 Å². The van der Waals surface area contributed by atoms with Crippen molar-refractivity contribution in [2.24, 2.45) is 5.92 Å². The van der Waals surface area contributed by atoms with Crippen LogP contribution >= 0.6 is 0 Å². The summed E-state index contributed by atoms with van der Waals surface area (Å²) >= 11 is 0. The number of anilines is 3. The first-order chi connectivity index (χ1) is 12.7. The first-order valence-corrected chi connectivity index (χ1v) is 8.85. The van der Waals surface area contributed by atoms with Crippen molar-refractivity contribution in [3.05, 3.63) is 18.0 Å². The van der Waals surface area contributed by atoms with Gasteiger partial charge in [-0.05, 0) is 38.5 Å². The smallest absolute Gasteiger partial charge is 0.226 e. The van der Waals surface area contributed by atoms with Gasteiger partial charge in [0, 0.05) is 24.2 Å². The molecule has 1 aliphatic carbocycles. The van der Waals surface area contributed by atoms with E-state index in [0.29, 0.717) is 41.6 Å².